The highest BCUT2D eigenvalue weighted by molar-refractivity contribution is 7.89. The van der Waals surface area contributed by atoms with Crippen molar-refractivity contribution in [3.8, 4) is 0 Å². The number of carboxylic acids is 1. The highest BCUT2D eigenvalue weighted by Gasteiger charge is 2.32. The molecule has 10 heteroatoms. The van der Waals surface area contributed by atoms with Gasteiger partial charge in [-0.05, 0) is 45.4 Å². The van der Waals surface area contributed by atoms with E-state index in [0.717, 1.165) is 22.5 Å². The monoisotopic (exact) mass is 402 g/mol. The third kappa shape index (κ3) is 5.16. The van der Waals surface area contributed by atoms with E-state index in [-0.39, 0.29) is 25.2 Å². The van der Waals surface area contributed by atoms with Gasteiger partial charge < -0.3 is 14.7 Å². The van der Waals surface area contributed by atoms with Gasteiger partial charge in [-0.3, -0.25) is 0 Å². The minimum Gasteiger partial charge on any atom is -0.478 e. The molecule has 1 amide bonds. The van der Waals surface area contributed by atoms with Crippen LogP contribution in [0.4, 0.5) is 9.18 Å². The number of halogens is 1. The second kappa shape index (κ2) is 7.81. The zero-order valence-electron chi connectivity index (χ0n) is 15.4. The summed E-state index contributed by atoms with van der Waals surface area (Å²) in [4.78, 5) is 24.0. The predicted octanol–water partition coefficient (Wildman–Crippen LogP) is 2.16. The number of ether oxygens (including phenoxy) is 1. The molecule has 0 aliphatic carbocycles. The van der Waals surface area contributed by atoms with Crippen LogP contribution in [0.15, 0.2) is 23.1 Å². The van der Waals surface area contributed by atoms with E-state index in [0.29, 0.717) is 13.0 Å². The maximum absolute atomic E-state index is 14.1. The van der Waals surface area contributed by atoms with Crippen LogP contribution in [0.3, 0.4) is 0 Å². The summed E-state index contributed by atoms with van der Waals surface area (Å²) in [6.07, 6.45) is -0.195. The van der Waals surface area contributed by atoms with E-state index >= 15 is 0 Å². The molecular formula is C17H23FN2O6S. The number of carbonyl (C=O) groups is 2. The van der Waals surface area contributed by atoms with Crippen LogP contribution in [0.5, 0.6) is 0 Å². The molecule has 1 aromatic carbocycles. The SMILES string of the molecule is CC(C)(C)OC(=O)N1CCCN(S(=O)(=O)c2cc(C(=O)O)ccc2F)CC1. The third-order valence-corrected chi connectivity index (χ3v) is 5.82. The van der Waals surface area contributed by atoms with Crippen LogP contribution in [0.2, 0.25) is 0 Å². The smallest absolute Gasteiger partial charge is 0.410 e. The van der Waals surface area contributed by atoms with Gasteiger partial charge in [0.15, 0.2) is 0 Å². The van der Waals surface area contributed by atoms with Crippen molar-refractivity contribution >= 4 is 22.1 Å². The van der Waals surface area contributed by atoms with Gasteiger partial charge in [-0.15, -0.1) is 0 Å². The van der Waals surface area contributed by atoms with Crippen molar-refractivity contribution in [3.63, 3.8) is 0 Å². The lowest BCUT2D eigenvalue weighted by molar-refractivity contribution is 0.0260. The number of carboxylic acid groups (broad SMARTS) is 1. The maximum atomic E-state index is 14.1. The fraction of sp³-hybridized carbons (Fsp3) is 0.529. The molecule has 1 saturated heterocycles. The van der Waals surface area contributed by atoms with E-state index in [9.17, 15) is 22.4 Å². The Labute approximate surface area is 157 Å². The number of rotatable bonds is 3. The summed E-state index contributed by atoms with van der Waals surface area (Å²) in [5.74, 6) is -2.37. The summed E-state index contributed by atoms with van der Waals surface area (Å²) >= 11 is 0. The molecule has 1 aliphatic heterocycles. The van der Waals surface area contributed by atoms with E-state index in [4.69, 9.17) is 9.84 Å². The lowest BCUT2D eigenvalue weighted by atomic mass is 10.2. The molecule has 1 heterocycles. The van der Waals surface area contributed by atoms with Crippen molar-refractivity contribution in [3.05, 3.63) is 29.6 Å². The van der Waals surface area contributed by atoms with Gasteiger partial charge in [-0.2, -0.15) is 4.31 Å². The number of amides is 1. The minimum absolute atomic E-state index is 0.0433. The van der Waals surface area contributed by atoms with Crippen molar-refractivity contribution in [2.75, 3.05) is 26.2 Å². The highest BCUT2D eigenvalue weighted by atomic mass is 32.2. The normalized spacial score (nSPS) is 16.7. The quantitative estimate of drug-likeness (QED) is 0.831. The first-order chi connectivity index (χ1) is 12.4. The second-order valence-electron chi connectivity index (χ2n) is 7.18. The van der Waals surface area contributed by atoms with Gasteiger partial charge >= 0.3 is 12.1 Å². The molecule has 8 nitrogen and oxygen atoms in total. The Bertz CT molecular complexity index is 834. The van der Waals surface area contributed by atoms with Gasteiger partial charge in [0.1, 0.15) is 16.3 Å². The molecule has 150 valence electrons. The molecule has 0 radical (unpaired) electrons. The Balaban J connectivity index is 2.20. The summed E-state index contributed by atoms with van der Waals surface area (Å²) in [6, 6.07) is 2.63. The van der Waals surface area contributed by atoms with E-state index < -0.39 is 38.4 Å². The van der Waals surface area contributed by atoms with Gasteiger partial charge in [0.2, 0.25) is 10.0 Å². The fourth-order valence-electron chi connectivity index (χ4n) is 2.62. The van der Waals surface area contributed by atoms with E-state index in [1.54, 1.807) is 20.8 Å². The molecule has 0 aromatic heterocycles. The van der Waals surface area contributed by atoms with Crippen LogP contribution in [0.25, 0.3) is 0 Å². The first-order valence-electron chi connectivity index (χ1n) is 8.43. The molecule has 0 atom stereocenters. The second-order valence-corrected chi connectivity index (χ2v) is 9.08. The van der Waals surface area contributed by atoms with Crippen LogP contribution in [-0.2, 0) is 14.8 Å². The first kappa shape index (κ1) is 21.1. The number of nitrogens with zero attached hydrogens (tertiary/aromatic N) is 2. The Kier molecular flexibility index (Phi) is 6.10. The molecule has 1 aromatic rings. The van der Waals surface area contributed by atoms with E-state index in [1.165, 1.54) is 4.90 Å². The van der Waals surface area contributed by atoms with Gasteiger partial charge in [0.05, 0.1) is 5.56 Å². The number of aromatic carboxylic acids is 1. The molecule has 0 saturated carbocycles. The van der Waals surface area contributed by atoms with Crippen molar-refractivity contribution in [1.82, 2.24) is 9.21 Å². The summed E-state index contributed by atoms with van der Waals surface area (Å²) in [7, 11) is -4.24. The van der Waals surface area contributed by atoms with Crippen molar-refractivity contribution in [2.45, 2.75) is 37.7 Å². The number of hydrogen-bond donors (Lipinski definition) is 1. The standard InChI is InChI=1S/C17H23FN2O6S/c1-17(2,3)26-16(23)19-7-4-8-20(10-9-19)27(24,25)14-11-12(15(21)22)5-6-13(14)18/h5-6,11H,4,7-10H2,1-3H3,(H,21,22). The minimum atomic E-state index is -4.24. The lowest BCUT2D eigenvalue weighted by Gasteiger charge is -2.26. The average Bonchev–Trinajstić information content (AvgIpc) is 2.79. The summed E-state index contributed by atoms with van der Waals surface area (Å²) in [6.45, 7) is 5.64. The molecule has 2 rings (SSSR count). The largest absolute Gasteiger partial charge is 0.478 e. The van der Waals surface area contributed by atoms with Gasteiger partial charge in [-0.25, -0.2) is 22.4 Å². The molecule has 1 N–H and O–H groups in total. The average molecular weight is 402 g/mol. The van der Waals surface area contributed by atoms with Crippen molar-refractivity contribution < 1.29 is 32.2 Å². The molecular weight excluding hydrogens is 379 g/mol. The van der Waals surface area contributed by atoms with Crippen LogP contribution in [0, 0.1) is 5.82 Å². The van der Waals surface area contributed by atoms with Crippen molar-refractivity contribution in [1.29, 1.82) is 0 Å². The number of benzene rings is 1. The molecule has 27 heavy (non-hydrogen) atoms. The summed E-state index contributed by atoms with van der Waals surface area (Å²) in [5, 5.41) is 9.02. The third-order valence-electron chi connectivity index (χ3n) is 3.90. The molecule has 0 bridgehead atoms. The Hall–Kier alpha value is -2.20. The number of sulfonamides is 1. The number of hydrogen-bond acceptors (Lipinski definition) is 5. The topological polar surface area (TPSA) is 104 Å². The van der Waals surface area contributed by atoms with Crippen LogP contribution >= 0.6 is 0 Å². The molecule has 0 spiro atoms. The van der Waals surface area contributed by atoms with Crippen LogP contribution in [-0.4, -0.2) is 66.6 Å². The zero-order chi connectivity index (χ0) is 20.4. The predicted molar refractivity (Wildman–Crippen MR) is 94.5 cm³/mol. The fourth-order valence-corrected chi connectivity index (χ4v) is 4.18. The highest BCUT2D eigenvalue weighted by Crippen LogP contribution is 2.23. The Morgan fingerprint density at radius 1 is 1.15 bits per heavy atom. The van der Waals surface area contributed by atoms with Crippen LogP contribution in [0.1, 0.15) is 37.6 Å². The maximum Gasteiger partial charge on any atom is 0.410 e. The number of carbonyl (C=O) groups excluding carboxylic acids is 1. The first-order valence-corrected chi connectivity index (χ1v) is 9.87. The molecule has 1 aliphatic rings. The summed E-state index contributed by atoms with van der Waals surface area (Å²) < 4.78 is 46.0. The van der Waals surface area contributed by atoms with E-state index in [1.807, 2.05) is 0 Å². The Morgan fingerprint density at radius 2 is 1.81 bits per heavy atom. The summed E-state index contributed by atoms with van der Waals surface area (Å²) in [5.41, 5.74) is -0.990. The van der Waals surface area contributed by atoms with E-state index in [2.05, 4.69) is 0 Å². The molecule has 1 fully saturated rings. The Morgan fingerprint density at radius 3 is 2.41 bits per heavy atom. The lowest BCUT2D eigenvalue weighted by Crippen LogP contribution is -2.40. The van der Waals surface area contributed by atoms with Crippen LogP contribution < -0.4 is 0 Å². The van der Waals surface area contributed by atoms with Gasteiger partial charge in [0, 0.05) is 26.2 Å². The van der Waals surface area contributed by atoms with Gasteiger partial charge in [-0.1, -0.05) is 0 Å². The van der Waals surface area contributed by atoms with Crippen molar-refractivity contribution in [2.24, 2.45) is 0 Å². The van der Waals surface area contributed by atoms with Gasteiger partial charge in [0.25, 0.3) is 0 Å². The zero-order valence-corrected chi connectivity index (χ0v) is 16.3. The molecule has 0 unspecified atom stereocenters.